The van der Waals surface area contributed by atoms with Crippen LogP contribution in [0.25, 0.3) is 28.4 Å². The first kappa shape index (κ1) is 20.6. The fraction of sp³-hybridized carbons (Fsp3) is 0.417. The van der Waals surface area contributed by atoms with Gasteiger partial charge in [-0.3, -0.25) is 0 Å². The number of rotatable bonds is 5. The Morgan fingerprint density at radius 1 is 1.06 bits per heavy atom. The van der Waals surface area contributed by atoms with Crippen molar-refractivity contribution in [1.29, 1.82) is 0 Å². The van der Waals surface area contributed by atoms with Gasteiger partial charge in [0.05, 0.1) is 17.5 Å². The van der Waals surface area contributed by atoms with Gasteiger partial charge in [0.2, 0.25) is 11.8 Å². The Labute approximate surface area is 186 Å². The van der Waals surface area contributed by atoms with E-state index in [1.54, 1.807) is 6.92 Å². The van der Waals surface area contributed by atoms with Gasteiger partial charge in [-0.25, -0.2) is 9.50 Å². The van der Waals surface area contributed by atoms with E-state index in [-0.39, 0.29) is 0 Å². The number of aliphatic hydroxyl groups is 1. The molecule has 0 amide bonds. The lowest BCUT2D eigenvalue weighted by molar-refractivity contribution is -0.000406. The summed E-state index contributed by atoms with van der Waals surface area (Å²) in [5.41, 5.74) is 2.90. The first-order valence-electron chi connectivity index (χ1n) is 11.1. The molecule has 1 aliphatic carbocycles. The third-order valence-corrected chi connectivity index (χ3v) is 6.37. The molecule has 3 heterocycles. The maximum absolute atomic E-state index is 10.3. The van der Waals surface area contributed by atoms with Gasteiger partial charge in [0.25, 0.3) is 0 Å². The molecule has 1 aliphatic rings. The standard InChI is InChI=1S/C24H28N6O2/c1-15-27-28-23(32-15)17-6-4-5-16(13-17)20-14-25-22-12-11-21(29-30(20)22)26-19-9-7-18(8-10-19)24(2,3)31/h4-6,11-14,18-19,31H,7-10H2,1-3H3,(H,26,29)/t18-,19-. The van der Waals surface area contributed by atoms with E-state index in [1.165, 1.54) is 0 Å². The summed E-state index contributed by atoms with van der Waals surface area (Å²) >= 11 is 0. The Morgan fingerprint density at radius 3 is 2.56 bits per heavy atom. The van der Waals surface area contributed by atoms with Crippen molar-refractivity contribution in [2.45, 2.75) is 58.1 Å². The maximum atomic E-state index is 10.3. The zero-order valence-corrected chi connectivity index (χ0v) is 18.6. The molecule has 1 fully saturated rings. The molecule has 0 spiro atoms. The molecule has 166 valence electrons. The minimum absolute atomic E-state index is 0.353. The lowest BCUT2D eigenvalue weighted by Gasteiger charge is -2.36. The van der Waals surface area contributed by atoms with Gasteiger partial charge in [-0.2, -0.15) is 0 Å². The molecule has 0 aliphatic heterocycles. The van der Waals surface area contributed by atoms with Gasteiger partial charge >= 0.3 is 0 Å². The molecule has 0 unspecified atom stereocenters. The first-order valence-corrected chi connectivity index (χ1v) is 11.1. The predicted octanol–water partition coefficient (Wildman–Crippen LogP) is 4.50. The first-order chi connectivity index (χ1) is 15.4. The summed E-state index contributed by atoms with van der Waals surface area (Å²) in [6, 6.07) is 12.3. The monoisotopic (exact) mass is 432 g/mol. The molecule has 5 rings (SSSR count). The van der Waals surface area contributed by atoms with E-state index in [1.807, 2.05) is 61.0 Å². The van der Waals surface area contributed by atoms with Crippen LogP contribution in [0.1, 0.15) is 45.4 Å². The number of imidazole rings is 1. The van der Waals surface area contributed by atoms with Crippen molar-refractivity contribution in [3.05, 3.63) is 48.5 Å². The van der Waals surface area contributed by atoms with Crippen molar-refractivity contribution < 1.29 is 9.52 Å². The number of aryl methyl sites for hydroxylation is 1. The summed E-state index contributed by atoms with van der Waals surface area (Å²) < 4.78 is 7.44. The Bertz CT molecular complexity index is 1230. The van der Waals surface area contributed by atoms with Crippen LogP contribution in [0, 0.1) is 12.8 Å². The average molecular weight is 433 g/mol. The van der Waals surface area contributed by atoms with Crippen molar-refractivity contribution in [2.75, 3.05) is 5.32 Å². The highest BCUT2D eigenvalue weighted by Gasteiger charge is 2.31. The van der Waals surface area contributed by atoms with Crippen molar-refractivity contribution in [3.63, 3.8) is 0 Å². The molecule has 8 heteroatoms. The number of nitrogens with zero attached hydrogens (tertiary/aromatic N) is 5. The largest absolute Gasteiger partial charge is 0.421 e. The summed E-state index contributed by atoms with van der Waals surface area (Å²) in [6.07, 6.45) is 5.91. The normalized spacial score (nSPS) is 19.4. The highest BCUT2D eigenvalue weighted by Crippen LogP contribution is 2.33. The molecule has 1 aromatic carbocycles. The summed E-state index contributed by atoms with van der Waals surface area (Å²) in [5, 5.41) is 26.7. The molecule has 0 bridgehead atoms. The minimum Gasteiger partial charge on any atom is -0.421 e. The Kier molecular flexibility index (Phi) is 5.17. The van der Waals surface area contributed by atoms with E-state index >= 15 is 0 Å². The Morgan fingerprint density at radius 2 is 1.84 bits per heavy atom. The number of aromatic nitrogens is 5. The maximum Gasteiger partial charge on any atom is 0.247 e. The van der Waals surface area contributed by atoms with E-state index in [2.05, 4.69) is 20.5 Å². The number of anilines is 1. The van der Waals surface area contributed by atoms with Crippen LogP contribution in [0.15, 0.2) is 47.0 Å². The van der Waals surface area contributed by atoms with Gasteiger partial charge in [0, 0.05) is 24.1 Å². The summed E-state index contributed by atoms with van der Waals surface area (Å²) in [5.74, 6) is 2.21. The highest BCUT2D eigenvalue weighted by atomic mass is 16.4. The topological polar surface area (TPSA) is 101 Å². The van der Waals surface area contributed by atoms with Crippen LogP contribution in [0.5, 0.6) is 0 Å². The second kappa shape index (κ2) is 8.02. The third kappa shape index (κ3) is 4.10. The molecule has 2 N–H and O–H groups in total. The molecule has 0 atom stereocenters. The lowest BCUT2D eigenvalue weighted by atomic mass is 9.77. The van der Waals surface area contributed by atoms with Crippen molar-refractivity contribution in [1.82, 2.24) is 24.8 Å². The van der Waals surface area contributed by atoms with Crippen LogP contribution in [0.4, 0.5) is 5.82 Å². The molecule has 8 nitrogen and oxygen atoms in total. The fourth-order valence-electron chi connectivity index (χ4n) is 4.53. The lowest BCUT2D eigenvalue weighted by Crippen LogP contribution is -2.37. The van der Waals surface area contributed by atoms with Crippen molar-refractivity contribution >= 4 is 11.5 Å². The van der Waals surface area contributed by atoms with Crippen LogP contribution in [-0.2, 0) is 0 Å². The zero-order valence-electron chi connectivity index (χ0n) is 18.6. The molecule has 32 heavy (non-hydrogen) atoms. The number of hydrogen-bond donors (Lipinski definition) is 2. The van der Waals surface area contributed by atoms with E-state index in [0.717, 1.165) is 54.0 Å². The van der Waals surface area contributed by atoms with E-state index in [9.17, 15) is 5.11 Å². The Balaban J connectivity index is 1.38. The number of benzene rings is 1. The summed E-state index contributed by atoms with van der Waals surface area (Å²) in [7, 11) is 0. The van der Waals surface area contributed by atoms with Gasteiger partial charge in [-0.05, 0) is 69.7 Å². The van der Waals surface area contributed by atoms with Crippen LogP contribution >= 0.6 is 0 Å². The molecule has 4 aromatic rings. The van der Waals surface area contributed by atoms with Gasteiger partial charge in [-0.15, -0.1) is 15.3 Å². The number of nitrogens with one attached hydrogen (secondary N) is 1. The molecule has 3 aromatic heterocycles. The number of hydrogen-bond acceptors (Lipinski definition) is 7. The van der Waals surface area contributed by atoms with Gasteiger partial charge in [-0.1, -0.05) is 12.1 Å². The minimum atomic E-state index is -0.609. The van der Waals surface area contributed by atoms with Crippen LogP contribution in [0.3, 0.4) is 0 Å². The summed E-state index contributed by atoms with van der Waals surface area (Å²) in [6.45, 7) is 5.60. The van der Waals surface area contributed by atoms with E-state index < -0.39 is 5.60 Å². The molecular weight excluding hydrogens is 404 g/mol. The third-order valence-electron chi connectivity index (χ3n) is 6.37. The van der Waals surface area contributed by atoms with Gasteiger partial charge in [0.15, 0.2) is 5.65 Å². The van der Waals surface area contributed by atoms with Crippen LogP contribution < -0.4 is 5.32 Å². The average Bonchev–Trinajstić information content (AvgIpc) is 3.40. The summed E-state index contributed by atoms with van der Waals surface area (Å²) in [4.78, 5) is 4.52. The van der Waals surface area contributed by atoms with Crippen LogP contribution in [0.2, 0.25) is 0 Å². The number of fused-ring (bicyclic) bond motifs is 1. The predicted molar refractivity (Wildman–Crippen MR) is 122 cm³/mol. The van der Waals surface area contributed by atoms with Crippen molar-refractivity contribution in [3.8, 4) is 22.7 Å². The van der Waals surface area contributed by atoms with Crippen LogP contribution in [-0.4, -0.2) is 41.5 Å². The fourth-order valence-corrected chi connectivity index (χ4v) is 4.53. The second-order valence-electron chi connectivity index (χ2n) is 9.19. The smallest absolute Gasteiger partial charge is 0.247 e. The van der Waals surface area contributed by atoms with E-state index in [0.29, 0.717) is 23.7 Å². The Hall–Kier alpha value is -3.26. The highest BCUT2D eigenvalue weighted by molar-refractivity contribution is 5.69. The van der Waals surface area contributed by atoms with E-state index in [4.69, 9.17) is 9.52 Å². The van der Waals surface area contributed by atoms with Gasteiger partial charge < -0.3 is 14.8 Å². The molecular formula is C24H28N6O2. The quantitative estimate of drug-likeness (QED) is 0.479. The zero-order chi connectivity index (χ0) is 22.3. The van der Waals surface area contributed by atoms with Crippen molar-refractivity contribution in [2.24, 2.45) is 5.92 Å². The molecule has 1 saturated carbocycles. The SMILES string of the molecule is Cc1nnc(-c2cccc(-c3cnc4ccc(N[C@H]5CC[C@H](C(C)(C)O)CC5)nn34)c2)o1. The molecule has 0 radical (unpaired) electrons. The molecule has 0 saturated heterocycles. The second-order valence-corrected chi connectivity index (χ2v) is 9.19. The van der Waals surface area contributed by atoms with Gasteiger partial charge in [0.1, 0.15) is 5.82 Å².